The van der Waals surface area contributed by atoms with Gasteiger partial charge in [-0.15, -0.1) is 0 Å². The van der Waals surface area contributed by atoms with Gasteiger partial charge < -0.3 is 10.1 Å². The van der Waals surface area contributed by atoms with Gasteiger partial charge in [-0.1, -0.05) is 25.5 Å². The minimum absolute atomic E-state index is 0.0829. The van der Waals surface area contributed by atoms with Crippen molar-refractivity contribution in [3.8, 4) is 0 Å². The van der Waals surface area contributed by atoms with Crippen molar-refractivity contribution in [3.05, 3.63) is 35.6 Å². The van der Waals surface area contributed by atoms with Crippen LogP contribution in [0.15, 0.2) is 24.3 Å². The monoisotopic (exact) mass is 279 g/mol. The van der Waals surface area contributed by atoms with Gasteiger partial charge >= 0.3 is 0 Å². The van der Waals surface area contributed by atoms with Crippen molar-refractivity contribution in [2.75, 3.05) is 20.3 Å². The lowest BCUT2D eigenvalue weighted by atomic mass is 9.68. The Morgan fingerprint density at radius 3 is 2.55 bits per heavy atom. The number of rotatable bonds is 6. The van der Waals surface area contributed by atoms with E-state index in [4.69, 9.17) is 4.74 Å². The highest BCUT2D eigenvalue weighted by Gasteiger charge is 2.44. The standard InChI is InChI=1S/C16H22FNO2/c1-12(13-4-6-14(17)7-5-13)10-18-15(19)16(11-20-2)8-3-9-16/h4-7,12H,3,8-11H2,1-2H3,(H,18,19). The van der Waals surface area contributed by atoms with Crippen LogP contribution in [0.25, 0.3) is 0 Å². The van der Waals surface area contributed by atoms with Crippen molar-refractivity contribution in [2.24, 2.45) is 5.41 Å². The first kappa shape index (κ1) is 15.0. The number of benzene rings is 1. The van der Waals surface area contributed by atoms with E-state index in [1.807, 2.05) is 6.92 Å². The van der Waals surface area contributed by atoms with Crippen LogP contribution in [-0.2, 0) is 9.53 Å². The van der Waals surface area contributed by atoms with Crippen LogP contribution in [-0.4, -0.2) is 26.2 Å². The van der Waals surface area contributed by atoms with E-state index in [1.165, 1.54) is 12.1 Å². The van der Waals surface area contributed by atoms with Crippen molar-refractivity contribution >= 4 is 5.91 Å². The highest BCUT2D eigenvalue weighted by Crippen LogP contribution is 2.41. The minimum atomic E-state index is -0.322. The number of amides is 1. The van der Waals surface area contributed by atoms with Gasteiger partial charge in [0.25, 0.3) is 0 Å². The predicted octanol–water partition coefficient (Wildman–Crippen LogP) is 2.86. The third kappa shape index (κ3) is 3.18. The molecule has 1 amide bonds. The number of halogens is 1. The normalized spacial score (nSPS) is 18.1. The summed E-state index contributed by atoms with van der Waals surface area (Å²) in [5.41, 5.74) is 0.707. The van der Waals surface area contributed by atoms with Crippen molar-refractivity contribution in [1.82, 2.24) is 5.32 Å². The van der Waals surface area contributed by atoms with E-state index >= 15 is 0 Å². The van der Waals surface area contributed by atoms with Crippen LogP contribution < -0.4 is 5.32 Å². The number of ether oxygens (including phenoxy) is 1. The van der Waals surface area contributed by atoms with Gasteiger partial charge in [-0.2, -0.15) is 0 Å². The molecule has 1 saturated carbocycles. The Hall–Kier alpha value is -1.42. The summed E-state index contributed by atoms with van der Waals surface area (Å²) >= 11 is 0. The van der Waals surface area contributed by atoms with E-state index in [9.17, 15) is 9.18 Å². The van der Waals surface area contributed by atoms with Gasteiger partial charge in [0.2, 0.25) is 5.91 Å². The molecule has 0 heterocycles. The van der Waals surface area contributed by atoms with Crippen LogP contribution in [0.4, 0.5) is 4.39 Å². The molecule has 0 spiro atoms. The molecule has 1 fully saturated rings. The Balaban J connectivity index is 1.88. The second-order valence-corrected chi connectivity index (χ2v) is 5.73. The summed E-state index contributed by atoms with van der Waals surface area (Å²) in [6.07, 6.45) is 2.89. The van der Waals surface area contributed by atoms with Crippen LogP contribution in [0.3, 0.4) is 0 Å². The van der Waals surface area contributed by atoms with Crippen LogP contribution in [0.1, 0.15) is 37.7 Å². The molecular formula is C16H22FNO2. The SMILES string of the molecule is COCC1(C(=O)NCC(C)c2ccc(F)cc2)CCC1. The molecule has 1 atom stereocenters. The molecule has 1 aliphatic rings. The lowest BCUT2D eigenvalue weighted by Crippen LogP contribution is -2.49. The van der Waals surface area contributed by atoms with E-state index in [2.05, 4.69) is 5.32 Å². The van der Waals surface area contributed by atoms with Crippen molar-refractivity contribution in [1.29, 1.82) is 0 Å². The Labute approximate surface area is 119 Å². The molecule has 1 aromatic rings. The molecule has 2 rings (SSSR count). The van der Waals surface area contributed by atoms with E-state index in [0.717, 1.165) is 24.8 Å². The summed E-state index contributed by atoms with van der Waals surface area (Å²) in [6.45, 7) is 3.08. The molecule has 4 heteroatoms. The fourth-order valence-electron chi connectivity index (χ4n) is 2.66. The smallest absolute Gasteiger partial charge is 0.228 e. The molecule has 1 aliphatic carbocycles. The first-order valence-electron chi connectivity index (χ1n) is 7.10. The van der Waals surface area contributed by atoms with Gasteiger partial charge in [-0.3, -0.25) is 4.79 Å². The Kier molecular flexibility index (Phi) is 4.76. The first-order chi connectivity index (χ1) is 9.57. The maximum Gasteiger partial charge on any atom is 0.228 e. The number of methoxy groups -OCH3 is 1. The summed E-state index contributed by atoms with van der Waals surface area (Å²) in [4.78, 5) is 12.3. The second-order valence-electron chi connectivity index (χ2n) is 5.73. The molecule has 20 heavy (non-hydrogen) atoms. The number of hydrogen-bond donors (Lipinski definition) is 1. The Morgan fingerprint density at radius 1 is 1.40 bits per heavy atom. The average Bonchev–Trinajstić information content (AvgIpc) is 2.40. The van der Waals surface area contributed by atoms with Gasteiger partial charge in [0.05, 0.1) is 12.0 Å². The van der Waals surface area contributed by atoms with Crippen molar-refractivity contribution in [3.63, 3.8) is 0 Å². The summed E-state index contributed by atoms with van der Waals surface area (Å²) < 4.78 is 18.0. The fourth-order valence-corrected chi connectivity index (χ4v) is 2.66. The van der Waals surface area contributed by atoms with Gasteiger partial charge in [-0.25, -0.2) is 4.39 Å². The molecule has 0 saturated heterocycles. The van der Waals surface area contributed by atoms with Gasteiger partial charge in [0.1, 0.15) is 5.82 Å². The topological polar surface area (TPSA) is 38.3 Å². The predicted molar refractivity (Wildman–Crippen MR) is 76.0 cm³/mol. The maximum atomic E-state index is 12.9. The summed E-state index contributed by atoms with van der Waals surface area (Å²) in [5.74, 6) is 0.0114. The molecule has 110 valence electrons. The first-order valence-corrected chi connectivity index (χ1v) is 7.10. The third-order valence-corrected chi connectivity index (χ3v) is 4.22. The molecule has 1 N–H and O–H groups in total. The van der Waals surface area contributed by atoms with E-state index < -0.39 is 0 Å². The molecule has 3 nitrogen and oxygen atoms in total. The fraction of sp³-hybridized carbons (Fsp3) is 0.562. The van der Waals surface area contributed by atoms with Crippen LogP contribution in [0, 0.1) is 11.2 Å². The highest BCUT2D eigenvalue weighted by molar-refractivity contribution is 5.83. The zero-order valence-electron chi connectivity index (χ0n) is 12.1. The van der Waals surface area contributed by atoms with Crippen LogP contribution in [0.2, 0.25) is 0 Å². The van der Waals surface area contributed by atoms with Crippen LogP contribution >= 0.6 is 0 Å². The van der Waals surface area contributed by atoms with E-state index in [1.54, 1.807) is 19.2 Å². The summed E-state index contributed by atoms with van der Waals surface area (Å²) in [5, 5.41) is 3.01. The molecule has 1 aromatic carbocycles. The van der Waals surface area contributed by atoms with E-state index in [0.29, 0.717) is 13.2 Å². The average molecular weight is 279 g/mol. The van der Waals surface area contributed by atoms with Gasteiger partial charge in [0.15, 0.2) is 0 Å². The number of carbonyl (C=O) groups excluding carboxylic acids is 1. The largest absolute Gasteiger partial charge is 0.384 e. The zero-order chi connectivity index (χ0) is 14.6. The Morgan fingerprint density at radius 2 is 2.05 bits per heavy atom. The number of nitrogens with one attached hydrogen (secondary N) is 1. The lowest BCUT2D eigenvalue weighted by molar-refractivity contribution is -0.140. The quantitative estimate of drug-likeness (QED) is 0.869. The molecule has 0 aromatic heterocycles. The molecular weight excluding hydrogens is 257 g/mol. The molecule has 0 radical (unpaired) electrons. The van der Waals surface area contributed by atoms with Crippen molar-refractivity contribution in [2.45, 2.75) is 32.1 Å². The molecule has 0 bridgehead atoms. The number of carbonyl (C=O) groups is 1. The third-order valence-electron chi connectivity index (χ3n) is 4.22. The van der Waals surface area contributed by atoms with Crippen LogP contribution in [0.5, 0.6) is 0 Å². The Bertz CT molecular complexity index is 454. The highest BCUT2D eigenvalue weighted by atomic mass is 19.1. The molecule has 1 unspecified atom stereocenters. The van der Waals surface area contributed by atoms with Gasteiger partial charge in [-0.05, 0) is 36.5 Å². The molecule has 0 aliphatic heterocycles. The zero-order valence-corrected chi connectivity index (χ0v) is 12.1. The summed E-state index contributed by atoms with van der Waals surface area (Å²) in [6, 6.07) is 6.43. The lowest BCUT2D eigenvalue weighted by Gasteiger charge is -2.39. The van der Waals surface area contributed by atoms with Gasteiger partial charge in [0, 0.05) is 13.7 Å². The maximum absolute atomic E-state index is 12.9. The summed E-state index contributed by atoms with van der Waals surface area (Å²) in [7, 11) is 1.63. The number of hydrogen-bond acceptors (Lipinski definition) is 2. The van der Waals surface area contributed by atoms with Crippen molar-refractivity contribution < 1.29 is 13.9 Å². The van der Waals surface area contributed by atoms with E-state index in [-0.39, 0.29) is 23.1 Å². The minimum Gasteiger partial charge on any atom is -0.384 e. The second kappa shape index (κ2) is 6.35.